The van der Waals surface area contributed by atoms with Crippen molar-refractivity contribution >= 4 is 17.7 Å². The van der Waals surface area contributed by atoms with Crippen molar-refractivity contribution in [3.63, 3.8) is 0 Å². The highest BCUT2D eigenvalue weighted by molar-refractivity contribution is 5.94. The van der Waals surface area contributed by atoms with E-state index in [0.29, 0.717) is 0 Å². The second-order valence-electron chi connectivity index (χ2n) is 4.57. The third-order valence-electron chi connectivity index (χ3n) is 3.25. The van der Waals surface area contributed by atoms with Gasteiger partial charge in [-0.15, -0.1) is 5.10 Å². The molecule has 0 saturated heterocycles. The fourth-order valence-corrected chi connectivity index (χ4v) is 2.35. The topological polar surface area (TPSA) is 82.2 Å². The minimum absolute atomic E-state index is 0.270. The van der Waals surface area contributed by atoms with E-state index in [0.717, 1.165) is 16.3 Å². The molecular formula is C15H14N4O2. The highest BCUT2D eigenvalue weighted by Gasteiger charge is 2.39. The molecule has 0 fully saturated rings. The Hall–Kier alpha value is -3.02. The molecule has 0 bridgehead atoms. The molecule has 6 nitrogen and oxygen atoms in total. The highest BCUT2D eigenvalue weighted by atomic mass is 16.3. The number of primary amides is 1. The normalized spacial score (nSPS) is 17.7. The van der Waals surface area contributed by atoms with Gasteiger partial charge < -0.3 is 10.8 Å². The Morgan fingerprint density at radius 2 is 1.62 bits per heavy atom. The minimum atomic E-state index is -0.728. The Morgan fingerprint density at radius 1 is 1.05 bits per heavy atom. The molecule has 2 amide bonds. The van der Waals surface area contributed by atoms with Crippen LogP contribution in [0.1, 0.15) is 11.7 Å². The van der Waals surface area contributed by atoms with Crippen LogP contribution in [0, 0.1) is 0 Å². The zero-order valence-electron chi connectivity index (χ0n) is 11.1. The van der Waals surface area contributed by atoms with E-state index in [2.05, 4.69) is 5.10 Å². The molecule has 1 heterocycles. The molecule has 1 aliphatic heterocycles. The second kappa shape index (κ2) is 5.16. The van der Waals surface area contributed by atoms with Crippen molar-refractivity contribution in [2.75, 3.05) is 4.90 Å². The van der Waals surface area contributed by atoms with E-state index in [-0.39, 0.29) is 6.02 Å². The lowest BCUT2D eigenvalue weighted by Crippen LogP contribution is -2.39. The summed E-state index contributed by atoms with van der Waals surface area (Å²) in [5.41, 5.74) is 6.89. The van der Waals surface area contributed by atoms with Gasteiger partial charge in [-0.3, -0.25) is 4.90 Å². The zero-order chi connectivity index (χ0) is 14.8. The summed E-state index contributed by atoms with van der Waals surface area (Å²) in [6.45, 7) is 0. The molecule has 1 unspecified atom stereocenters. The lowest BCUT2D eigenvalue weighted by Gasteiger charge is -2.28. The number of para-hydroxylation sites is 1. The van der Waals surface area contributed by atoms with Gasteiger partial charge in [-0.05, 0) is 17.7 Å². The van der Waals surface area contributed by atoms with E-state index < -0.39 is 12.2 Å². The monoisotopic (exact) mass is 282 g/mol. The van der Waals surface area contributed by atoms with Crippen molar-refractivity contribution < 1.29 is 9.90 Å². The summed E-state index contributed by atoms with van der Waals surface area (Å²) in [5.74, 6) is 0. The number of urea groups is 1. The maximum Gasteiger partial charge on any atom is 0.337 e. The van der Waals surface area contributed by atoms with Gasteiger partial charge in [0.2, 0.25) is 0 Å². The Kier molecular flexibility index (Phi) is 3.19. The van der Waals surface area contributed by atoms with E-state index in [1.54, 1.807) is 4.90 Å². The summed E-state index contributed by atoms with van der Waals surface area (Å²) in [5, 5.41) is 15.0. The largest absolute Gasteiger partial charge is 0.479 e. The standard InChI is InChI=1S/C15H14N4O2/c16-14(20)19-13(11-7-3-1-4-8-11)18(15(21)17-19)12-9-5-2-6-10-12/h1-10,13H,(H2,16,20)(H,17,21). The van der Waals surface area contributed by atoms with Crippen LogP contribution in [0.2, 0.25) is 0 Å². The third kappa shape index (κ3) is 2.27. The van der Waals surface area contributed by atoms with Crippen LogP contribution in [-0.2, 0) is 0 Å². The Bertz CT molecular complexity index is 673. The van der Waals surface area contributed by atoms with E-state index in [4.69, 9.17) is 5.73 Å². The van der Waals surface area contributed by atoms with Crippen molar-refractivity contribution in [1.29, 1.82) is 0 Å². The predicted octanol–water partition coefficient (Wildman–Crippen LogP) is 2.42. The molecule has 1 atom stereocenters. The minimum Gasteiger partial charge on any atom is -0.479 e. The van der Waals surface area contributed by atoms with Gasteiger partial charge >= 0.3 is 12.1 Å². The molecule has 0 saturated carbocycles. The summed E-state index contributed by atoms with van der Waals surface area (Å²) < 4.78 is 0. The number of nitrogens with two attached hydrogens (primary N) is 1. The molecule has 2 aromatic rings. The average Bonchev–Trinajstić information content (AvgIpc) is 2.87. The number of carbonyl (C=O) groups is 1. The molecule has 2 aromatic carbocycles. The molecule has 0 spiro atoms. The first kappa shape index (κ1) is 13.0. The van der Waals surface area contributed by atoms with E-state index in [1.807, 2.05) is 60.7 Å². The number of hydrazone groups is 1. The molecule has 106 valence electrons. The lowest BCUT2D eigenvalue weighted by atomic mass is 10.1. The lowest BCUT2D eigenvalue weighted by molar-refractivity contribution is 0.196. The van der Waals surface area contributed by atoms with E-state index >= 15 is 0 Å². The van der Waals surface area contributed by atoms with Gasteiger partial charge in [0, 0.05) is 5.69 Å². The first-order valence-electron chi connectivity index (χ1n) is 6.44. The molecule has 6 heteroatoms. The molecule has 0 aromatic heterocycles. The molecule has 0 aliphatic carbocycles. The van der Waals surface area contributed by atoms with Crippen LogP contribution in [0.5, 0.6) is 0 Å². The highest BCUT2D eigenvalue weighted by Crippen LogP contribution is 2.34. The first-order chi connectivity index (χ1) is 10.2. The average molecular weight is 282 g/mol. The van der Waals surface area contributed by atoms with Gasteiger partial charge in [-0.2, -0.15) is 5.01 Å². The van der Waals surface area contributed by atoms with Gasteiger partial charge in [-0.25, -0.2) is 4.79 Å². The van der Waals surface area contributed by atoms with Crippen LogP contribution in [-0.4, -0.2) is 22.2 Å². The fraction of sp³-hybridized carbons (Fsp3) is 0.0667. The van der Waals surface area contributed by atoms with Crippen LogP contribution in [0.25, 0.3) is 0 Å². The third-order valence-corrected chi connectivity index (χ3v) is 3.25. The van der Waals surface area contributed by atoms with Crippen molar-refractivity contribution in [2.45, 2.75) is 6.17 Å². The number of amidine groups is 1. The molecule has 1 aliphatic rings. The summed E-state index contributed by atoms with van der Waals surface area (Å²) in [7, 11) is 0. The number of benzene rings is 2. The molecule has 3 N–H and O–H groups in total. The maximum absolute atomic E-state index is 11.6. The summed E-state index contributed by atoms with van der Waals surface area (Å²) in [6, 6.07) is 17.5. The Morgan fingerprint density at radius 3 is 2.19 bits per heavy atom. The number of anilines is 1. The number of aliphatic hydroxyl groups excluding tert-OH is 1. The maximum atomic E-state index is 11.6. The van der Waals surface area contributed by atoms with Gasteiger partial charge in [-0.1, -0.05) is 48.5 Å². The van der Waals surface area contributed by atoms with Gasteiger partial charge in [0.05, 0.1) is 0 Å². The number of aliphatic hydroxyl groups is 1. The van der Waals surface area contributed by atoms with Gasteiger partial charge in [0.25, 0.3) is 0 Å². The predicted molar refractivity (Wildman–Crippen MR) is 79.6 cm³/mol. The fourth-order valence-electron chi connectivity index (χ4n) is 2.35. The quantitative estimate of drug-likeness (QED) is 0.887. The van der Waals surface area contributed by atoms with E-state index in [9.17, 15) is 9.90 Å². The second-order valence-corrected chi connectivity index (χ2v) is 4.57. The smallest absolute Gasteiger partial charge is 0.337 e. The molecular weight excluding hydrogens is 268 g/mol. The molecule has 3 rings (SSSR count). The number of nitrogens with zero attached hydrogens (tertiary/aromatic N) is 3. The number of carbonyl (C=O) groups excluding carboxylic acids is 1. The first-order valence-corrected chi connectivity index (χ1v) is 6.44. The summed E-state index contributed by atoms with van der Waals surface area (Å²) >= 11 is 0. The van der Waals surface area contributed by atoms with Crippen molar-refractivity contribution in [3.05, 3.63) is 66.2 Å². The van der Waals surface area contributed by atoms with Crippen LogP contribution in [0.15, 0.2) is 65.8 Å². The summed E-state index contributed by atoms with van der Waals surface area (Å²) in [4.78, 5) is 13.2. The Labute approximate surface area is 121 Å². The van der Waals surface area contributed by atoms with Crippen LogP contribution in [0.4, 0.5) is 10.5 Å². The van der Waals surface area contributed by atoms with E-state index in [1.165, 1.54) is 0 Å². The van der Waals surface area contributed by atoms with Crippen LogP contribution >= 0.6 is 0 Å². The molecule has 0 radical (unpaired) electrons. The summed E-state index contributed by atoms with van der Waals surface area (Å²) in [6.07, 6.45) is -0.605. The number of hydrogen-bond acceptors (Lipinski definition) is 3. The zero-order valence-corrected chi connectivity index (χ0v) is 11.1. The van der Waals surface area contributed by atoms with Crippen molar-refractivity contribution in [3.8, 4) is 0 Å². The van der Waals surface area contributed by atoms with Crippen molar-refractivity contribution in [1.82, 2.24) is 5.01 Å². The Balaban J connectivity index is 2.09. The van der Waals surface area contributed by atoms with Crippen LogP contribution < -0.4 is 10.6 Å². The van der Waals surface area contributed by atoms with Crippen LogP contribution in [0.3, 0.4) is 0 Å². The number of hydrogen-bond donors (Lipinski definition) is 2. The van der Waals surface area contributed by atoms with Gasteiger partial charge in [0.15, 0.2) is 6.17 Å². The SMILES string of the molecule is NC(=O)N1N=C(O)N(c2ccccc2)C1c1ccccc1. The van der Waals surface area contributed by atoms with Crippen molar-refractivity contribution in [2.24, 2.45) is 10.8 Å². The number of rotatable bonds is 2. The van der Waals surface area contributed by atoms with Gasteiger partial charge in [0.1, 0.15) is 0 Å². The number of amides is 2. The molecule has 21 heavy (non-hydrogen) atoms.